The van der Waals surface area contributed by atoms with Gasteiger partial charge in [0.1, 0.15) is 0 Å². The maximum absolute atomic E-state index is 12.0. The number of benzene rings is 2. The van der Waals surface area contributed by atoms with E-state index in [0.717, 1.165) is 17.6 Å². The Morgan fingerprint density at radius 1 is 0.880 bits per heavy atom. The molecule has 2 aromatic rings. The van der Waals surface area contributed by atoms with Crippen molar-refractivity contribution in [3.63, 3.8) is 0 Å². The summed E-state index contributed by atoms with van der Waals surface area (Å²) in [6.07, 6.45) is 3.09. The van der Waals surface area contributed by atoms with Crippen LogP contribution in [0.15, 0.2) is 53.4 Å². The van der Waals surface area contributed by atoms with Crippen molar-refractivity contribution in [3.8, 4) is 0 Å². The minimum atomic E-state index is -3.32. The van der Waals surface area contributed by atoms with Gasteiger partial charge in [0.05, 0.1) is 4.90 Å². The van der Waals surface area contributed by atoms with E-state index in [1.807, 2.05) is 18.4 Å². The Kier molecular flexibility index (Phi) is 6.22. The molecule has 0 radical (unpaired) electrons. The number of rotatable bonds is 5. The molecule has 0 fully saturated rings. The third kappa shape index (κ3) is 5.33. The Balaban J connectivity index is 1.96. The van der Waals surface area contributed by atoms with Crippen molar-refractivity contribution in [2.45, 2.75) is 10.6 Å². The van der Waals surface area contributed by atoms with Crippen LogP contribution in [0.1, 0.15) is 26.3 Å². The summed E-state index contributed by atoms with van der Waals surface area (Å²) in [4.78, 5) is 24.2. The Hall–Kier alpha value is -2.32. The van der Waals surface area contributed by atoms with E-state index >= 15 is 0 Å². The lowest BCUT2D eigenvalue weighted by Gasteiger charge is -2.08. The smallest absolute Gasteiger partial charge is 0.267 e. The van der Waals surface area contributed by atoms with Gasteiger partial charge in [-0.15, -0.1) is 0 Å². The molecule has 0 aliphatic carbocycles. The van der Waals surface area contributed by atoms with E-state index in [9.17, 15) is 18.0 Å². The summed E-state index contributed by atoms with van der Waals surface area (Å²) >= 11 is 1.69. The molecule has 2 N–H and O–H groups in total. The molecule has 8 heteroatoms. The van der Waals surface area contributed by atoms with Crippen molar-refractivity contribution in [3.05, 3.63) is 65.2 Å². The topological polar surface area (TPSA) is 92.3 Å². The SMILES string of the molecule is CSCc1ccc(C(=O)NNC(=O)c2ccc(S(C)(=O)=O)cc2)cc1. The highest BCUT2D eigenvalue weighted by Gasteiger charge is 2.11. The number of hydrogen-bond donors (Lipinski definition) is 2. The summed E-state index contributed by atoms with van der Waals surface area (Å²) < 4.78 is 22.8. The number of amides is 2. The highest BCUT2D eigenvalue weighted by Crippen LogP contribution is 2.11. The van der Waals surface area contributed by atoms with Crippen molar-refractivity contribution in [2.24, 2.45) is 0 Å². The van der Waals surface area contributed by atoms with E-state index in [4.69, 9.17) is 0 Å². The largest absolute Gasteiger partial charge is 0.269 e. The number of carbonyl (C=O) groups is 2. The van der Waals surface area contributed by atoms with Crippen LogP contribution in [0.3, 0.4) is 0 Å². The Bertz CT molecular complexity index is 861. The highest BCUT2D eigenvalue weighted by atomic mass is 32.2. The van der Waals surface area contributed by atoms with Crippen molar-refractivity contribution < 1.29 is 18.0 Å². The monoisotopic (exact) mass is 378 g/mol. The van der Waals surface area contributed by atoms with Gasteiger partial charge in [-0.3, -0.25) is 20.4 Å². The van der Waals surface area contributed by atoms with Crippen LogP contribution in [-0.4, -0.2) is 32.7 Å². The number of nitrogens with one attached hydrogen (secondary N) is 2. The van der Waals surface area contributed by atoms with Gasteiger partial charge in [-0.1, -0.05) is 12.1 Å². The minimum absolute atomic E-state index is 0.124. The van der Waals surface area contributed by atoms with Gasteiger partial charge < -0.3 is 0 Å². The maximum Gasteiger partial charge on any atom is 0.269 e. The molecule has 6 nitrogen and oxygen atoms in total. The van der Waals surface area contributed by atoms with Gasteiger partial charge in [0.15, 0.2) is 9.84 Å². The van der Waals surface area contributed by atoms with Crippen molar-refractivity contribution in [1.82, 2.24) is 10.9 Å². The van der Waals surface area contributed by atoms with Crippen LogP contribution in [0.2, 0.25) is 0 Å². The molecule has 2 amide bonds. The van der Waals surface area contributed by atoms with E-state index in [1.165, 1.54) is 24.3 Å². The fourth-order valence-corrected chi connectivity index (χ4v) is 3.19. The molecule has 0 atom stereocenters. The molecule has 0 unspecified atom stereocenters. The molecule has 0 aliphatic rings. The summed E-state index contributed by atoms with van der Waals surface area (Å²) in [6, 6.07) is 12.5. The first-order valence-corrected chi connectivity index (χ1v) is 10.6. The molecular weight excluding hydrogens is 360 g/mol. The van der Waals surface area contributed by atoms with Crippen LogP contribution in [0.25, 0.3) is 0 Å². The summed E-state index contributed by atoms with van der Waals surface area (Å²) in [6.45, 7) is 0. The number of hydrogen-bond acceptors (Lipinski definition) is 5. The number of carbonyl (C=O) groups excluding carboxylic acids is 2. The van der Waals surface area contributed by atoms with Gasteiger partial charge in [-0.05, 0) is 48.2 Å². The van der Waals surface area contributed by atoms with E-state index in [0.29, 0.717) is 5.56 Å². The average Bonchev–Trinajstić information content (AvgIpc) is 2.59. The summed E-state index contributed by atoms with van der Waals surface area (Å²) in [5.74, 6) is -0.105. The first-order valence-electron chi connectivity index (χ1n) is 7.30. The molecule has 0 saturated carbocycles. The van der Waals surface area contributed by atoms with Crippen LogP contribution < -0.4 is 10.9 Å². The zero-order chi connectivity index (χ0) is 18.4. The van der Waals surface area contributed by atoms with Crippen molar-refractivity contribution in [2.75, 3.05) is 12.5 Å². The molecular formula is C17H18N2O4S2. The van der Waals surface area contributed by atoms with Gasteiger partial charge in [-0.2, -0.15) is 11.8 Å². The molecule has 2 aromatic carbocycles. The molecule has 0 aromatic heterocycles. The molecule has 132 valence electrons. The average molecular weight is 378 g/mol. The first kappa shape index (κ1) is 19.0. The standard InChI is InChI=1S/C17H18N2O4S2/c1-24-11-12-3-5-13(6-4-12)16(20)18-19-17(21)14-7-9-15(10-8-14)25(2,22)23/h3-10H,11H2,1-2H3,(H,18,20)(H,19,21). The Labute approximate surface area is 150 Å². The molecule has 0 bridgehead atoms. The summed E-state index contributed by atoms with van der Waals surface area (Å²) in [5.41, 5.74) is 6.41. The third-order valence-electron chi connectivity index (χ3n) is 3.36. The zero-order valence-electron chi connectivity index (χ0n) is 13.8. The molecule has 2 rings (SSSR count). The minimum Gasteiger partial charge on any atom is -0.267 e. The molecule has 0 saturated heterocycles. The molecule has 0 heterocycles. The van der Waals surface area contributed by atoms with Gasteiger partial charge in [0, 0.05) is 23.1 Å². The number of thioether (sulfide) groups is 1. The van der Waals surface area contributed by atoms with Gasteiger partial charge in [0.2, 0.25) is 0 Å². The maximum atomic E-state index is 12.0. The van der Waals surface area contributed by atoms with Crippen LogP contribution in [0.4, 0.5) is 0 Å². The van der Waals surface area contributed by atoms with Gasteiger partial charge >= 0.3 is 0 Å². The fraction of sp³-hybridized carbons (Fsp3) is 0.176. The van der Waals surface area contributed by atoms with E-state index in [-0.39, 0.29) is 10.5 Å². The Morgan fingerprint density at radius 3 is 1.72 bits per heavy atom. The van der Waals surface area contributed by atoms with Crippen LogP contribution in [-0.2, 0) is 15.6 Å². The van der Waals surface area contributed by atoms with Crippen LogP contribution >= 0.6 is 11.8 Å². The predicted octanol–water partition coefficient (Wildman–Crippen LogP) is 2.03. The Morgan fingerprint density at radius 2 is 1.32 bits per heavy atom. The second-order valence-electron chi connectivity index (χ2n) is 5.33. The molecule has 0 spiro atoms. The van der Waals surface area contributed by atoms with Gasteiger partial charge in [0.25, 0.3) is 11.8 Å². The summed E-state index contributed by atoms with van der Waals surface area (Å²) in [5, 5.41) is 0. The normalized spacial score (nSPS) is 11.0. The van der Waals surface area contributed by atoms with Crippen molar-refractivity contribution >= 4 is 33.4 Å². The lowest BCUT2D eigenvalue weighted by atomic mass is 10.1. The number of hydrazine groups is 1. The van der Waals surface area contributed by atoms with Crippen LogP contribution in [0, 0.1) is 0 Å². The van der Waals surface area contributed by atoms with Crippen LogP contribution in [0.5, 0.6) is 0 Å². The van der Waals surface area contributed by atoms with E-state index in [2.05, 4.69) is 10.9 Å². The first-order chi connectivity index (χ1) is 11.8. The van der Waals surface area contributed by atoms with Gasteiger partial charge in [-0.25, -0.2) is 8.42 Å². The number of sulfone groups is 1. The van der Waals surface area contributed by atoms with E-state index < -0.39 is 21.7 Å². The fourth-order valence-electron chi connectivity index (χ4n) is 2.03. The summed E-state index contributed by atoms with van der Waals surface area (Å²) in [7, 11) is -3.32. The molecule has 25 heavy (non-hydrogen) atoms. The zero-order valence-corrected chi connectivity index (χ0v) is 15.4. The molecule has 0 aliphatic heterocycles. The van der Waals surface area contributed by atoms with Crippen molar-refractivity contribution in [1.29, 1.82) is 0 Å². The highest BCUT2D eigenvalue weighted by molar-refractivity contribution is 7.97. The second-order valence-corrected chi connectivity index (χ2v) is 8.22. The third-order valence-corrected chi connectivity index (χ3v) is 5.11. The lowest BCUT2D eigenvalue weighted by molar-refractivity contribution is 0.0846. The lowest BCUT2D eigenvalue weighted by Crippen LogP contribution is -2.41. The second kappa shape index (κ2) is 8.17. The predicted molar refractivity (Wildman–Crippen MR) is 98.1 cm³/mol. The quantitative estimate of drug-likeness (QED) is 0.777. The van der Waals surface area contributed by atoms with E-state index in [1.54, 1.807) is 23.9 Å².